The molecular formula is C10H13F3N2. The van der Waals surface area contributed by atoms with Crippen LogP contribution >= 0.6 is 0 Å². The third-order valence-electron chi connectivity index (χ3n) is 2.38. The van der Waals surface area contributed by atoms with E-state index >= 15 is 0 Å². The van der Waals surface area contributed by atoms with Crippen molar-refractivity contribution in [2.75, 3.05) is 6.54 Å². The number of hydrogen-bond acceptors (Lipinski definition) is 2. The van der Waals surface area contributed by atoms with Crippen molar-refractivity contribution in [2.24, 2.45) is 10.9 Å². The SMILES string of the molecule is C=C(C)C(C)C1=CNC(C(F)(F)F)=NC1. The van der Waals surface area contributed by atoms with E-state index in [1.54, 1.807) is 0 Å². The molecule has 1 rings (SSSR count). The first-order valence-corrected chi connectivity index (χ1v) is 4.55. The van der Waals surface area contributed by atoms with Gasteiger partial charge in [0.15, 0.2) is 0 Å². The van der Waals surface area contributed by atoms with Crippen molar-refractivity contribution < 1.29 is 13.2 Å². The summed E-state index contributed by atoms with van der Waals surface area (Å²) in [5, 5.41) is 2.17. The second-order valence-corrected chi connectivity index (χ2v) is 3.59. The minimum atomic E-state index is -4.39. The second kappa shape index (κ2) is 4.08. The van der Waals surface area contributed by atoms with Gasteiger partial charge < -0.3 is 5.32 Å². The van der Waals surface area contributed by atoms with E-state index in [2.05, 4.69) is 16.9 Å². The van der Waals surface area contributed by atoms with Crippen molar-refractivity contribution in [1.82, 2.24) is 5.32 Å². The number of nitrogens with one attached hydrogen (secondary N) is 1. The number of alkyl halides is 3. The fourth-order valence-electron chi connectivity index (χ4n) is 1.17. The van der Waals surface area contributed by atoms with Crippen LogP contribution in [0, 0.1) is 5.92 Å². The first kappa shape index (κ1) is 11.8. The summed E-state index contributed by atoms with van der Waals surface area (Å²) in [7, 11) is 0. The first-order valence-electron chi connectivity index (χ1n) is 4.55. The summed E-state index contributed by atoms with van der Waals surface area (Å²) >= 11 is 0. The molecule has 0 saturated heterocycles. The molecule has 0 aromatic heterocycles. The summed E-state index contributed by atoms with van der Waals surface area (Å²) in [5.74, 6) is -0.879. The molecule has 1 atom stereocenters. The molecule has 1 aliphatic rings. The molecule has 0 aromatic rings. The normalized spacial score (nSPS) is 18.7. The number of rotatable bonds is 2. The van der Waals surface area contributed by atoms with Gasteiger partial charge in [-0.15, -0.1) is 0 Å². The zero-order valence-electron chi connectivity index (χ0n) is 8.65. The lowest BCUT2D eigenvalue weighted by Gasteiger charge is -2.20. The molecule has 0 saturated carbocycles. The van der Waals surface area contributed by atoms with Crippen LogP contribution < -0.4 is 5.32 Å². The Morgan fingerprint density at radius 2 is 2.20 bits per heavy atom. The Kier molecular flexibility index (Phi) is 3.21. The number of hydrogen-bond donors (Lipinski definition) is 1. The van der Waals surface area contributed by atoms with Crippen molar-refractivity contribution in [3.8, 4) is 0 Å². The van der Waals surface area contributed by atoms with Gasteiger partial charge in [0.05, 0.1) is 6.54 Å². The van der Waals surface area contributed by atoms with Crippen LogP contribution in [-0.4, -0.2) is 18.6 Å². The Bertz CT molecular complexity index is 326. The number of allylic oxidation sites excluding steroid dienone is 1. The molecule has 2 nitrogen and oxygen atoms in total. The molecule has 1 heterocycles. The molecule has 15 heavy (non-hydrogen) atoms. The van der Waals surface area contributed by atoms with Crippen molar-refractivity contribution in [1.29, 1.82) is 0 Å². The van der Waals surface area contributed by atoms with Crippen LogP contribution in [0.4, 0.5) is 13.2 Å². The molecule has 0 spiro atoms. The highest BCUT2D eigenvalue weighted by molar-refractivity contribution is 5.89. The Labute approximate surface area is 86.6 Å². The Morgan fingerprint density at radius 3 is 2.53 bits per heavy atom. The third kappa shape index (κ3) is 2.84. The van der Waals surface area contributed by atoms with E-state index < -0.39 is 12.0 Å². The monoisotopic (exact) mass is 218 g/mol. The zero-order valence-corrected chi connectivity index (χ0v) is 8.65. The van der Waals surface area contributed by atoms with E-state index in [9.17, 15) is 13.2 Å². The predicted molar refractivity (Wildman–Crippen MR) is 53.6 cm³/mol. The number of aliphatic imine (C=N–C) groups is 1. The maximum absolute atomic E-state index is 12.2. The molecule has 1 N–H and O–H groups in total. The zero-order chi connectivity index (χ0) is 11.6. The fourth-order valence-corrected chi connectivity index (χ4v) is 1.17. The average Bonchev–Trinajstić information content (AvgIpc) is 2.15. The molecule has 0 bridgehead atoms. The summed E-state index contributed by atoms with van der Waals surface area (Å²) < 4.78 is 36.6. The molecule has 1 aliphatic heterocycles. The first-order chi connectivity index (χ1) is 6.82. The lowest BCUT2D eigenvalue weighted by Crippen LogP contribution is -2.37. The number of nitrogens with zero attached hydrogens (tertiary/aromatic N) is 1. The van der Waals surface area contributed by atoms with Crippen LogP contribution in [-0.2, 0) is 0 Å². The minimum absolute atomic E-state index is 0.0519. The molecule has 0 aliphatic carbocycles. The van der Waals surface area contributed by atoms with Crippen LogP contribution in [0.25, 0.3) is 0 Å². The maximum Gasteiger partial charge on any atom is 0.449 e. The summed E-state index contributed by atoms with van der Waals surface area (Å²) in [6.45, 7) is 7.57. The van der Waals surface area contributed by atoms with Crippen molar-refractivity contribution in [3.63, 3.8) is 0 Å². The van der Waals surface area contributed by atoms with Crippen molar-refractivity contribution >= 4 is 5.84 Å². The predicted octanol–water partition coefficient (Wildman–Crippen LogP) is 2.65. The van der Waals surface area contributed by atoms with E-state index in [4.69, 9.17) is 0 Å². The van der Waals surface area contributed by atoms with Gasteiger partial charge >= 0.3 is 6.18 Å². The number of halogens is 3. The van der Waals surface area contributed by atoms with Crippen molar-refractivity contribution in [2.45, 2.75) is 20.0 Å². The highest BCUT2D eigenvalue weighted by Crippen LogP contribution is 2.23. The van der Waals surface area contributed by atoms with Gasteiger partial charge in [0.25, 0.3) is 0 Å². The molecule has 0 fully saturated rings. The molecule has 0 aromatic carbocycles. The number of amidine groups is 1. The topological polar surface area (TPSA) is 24.4 Å². The van der Waals surface area contributed by atoms with E-state index in [0.29, 0.717) is 0 Å². The second-order valence-electron chi connectivity index (χ2n) is 3.59. The van der Waals surface area contributed by atoms with E-state index in [-0.39, 0.29) is 12.5 Å². The lowest BCUT2D eigenvalue weighted by atomic mass is 9.95. The third-order valence-corrected chi connectivity index (χ3v) is 2.38. The van der Waals surface area contributed by atoms with E-state index in [1.807, 2.05) is 13.8 Å². The molecule has 5 heteroatoms. The van der Waals surface area contributed by atoms with E-state index in [1.165, 1.54) is 6.20 Å². The summed E-state index contributed by atoms with van der Waals surface area (Å²) in [6.07, 6.45) is -3.02. The van der Waals surface area contributed by atoms with Crippen molar-refractivity contribution in [3.05, 3.63) is 23.9 Å². The van der Waals surface area contributed by atoms with Gasteiger partial charge in [0.2, 0.25) is 5.84 Å². The van der Waals surface area contributed by atoms with Crippen LogP contribution in [0.3, 0.4) is 0 Å². The summed E-state index contributed by atoms with van der Waals surface area (Å²) in [4.78, 5) is 3.46. The van der Waals surface area contributed by atoms with Gasteiger partial charge in [-0.2, -0.15) is 13.2 Å². The minimum Gasteiger partial charge on any atom is -0.343 e. The van der Waals surface area contributed by atoms with Gasteiger partial charge in [-0.3, -0.25) is 4.99 Å². The molecular weight excluding hydrogens is 205 g/mol. The highest BCUT2D eigenvalue weighted by Gasteiger charge is 2.36. The quantitative estimate of drug-likeness (QED) is 0.708. The molecule has 0 amide bonds. The van der Waals surface area contributed by atoms with Crippen LogP contribution in [0.15, 0.2) is 28.9 Å². The average molecular weight is 218 g/mol. The largest absolute Gasteiger partial charge is 0.449 e. The Hall–Kier alpha value is -1.26. The Balaban J connectivity index is 2.68. The highest BCUT2D eigenvalue weighted by atomic mass is 19.4. The summed E-state index contributed by atoms with van der Waals surface area (Å²) in [6, 6.07) is 0. The van der Waals surface area contributed by atoms with Crippen LogP contribution in [0.2, 0.25) is 0 Å². The van der Waals surface area contributed by atoms with Gasteiger partial charge in [0.1, 0.15) is 0 Å². The lowest BCUT2D eigenvalue weighted by molar-refractivity contribution is -0.0615. The van der Waals surface area contributed by atoms with E-state index in [0.717, 1.165) is 11.1 Å². The molecule has 84 valence electrons. The maximum atomic E-state index is 12.2. The fraction of sp³-hybridized carbons (Fsp3) is 0.500. The summed E-state index contributed by atoms with van der Waals surface area (Å²) in [5.41, 5.74) is 1.73. The van der Waals surface area contributed by atoms with Crippen LogP contribution in [0.5, 0.6) is 0 Å². The van der Waals surface area contributed by atoms with Gasteiger partial charge in [-0.1, -0.05) is 19.1 Å². The Morgan fingerprint density at radius 1 is 1.60 bits per heavy atom. The van der Waals surface area contributed by atoms with Gasteiger partial charge in [-0.25, -0.2) is 0 Å². The smallest absolute Gasteiger partial charge is 0.343 e. The van der Waals surface area contributed by atoms with Gasteiger partial charge in [-0.05, 0) is 12.5 Å². The molecule has 0 radical (unpaired) electrons. The standard InChI is InChI=1S/C10H13F3N2/c1-6(2)7(3)8-4-14-9(15-5-8)10(11,12)13/h4,7H,1,5H2,2-3H3,(H,14,15). The van der Waals surface area contributed by atoms with Crippen LogP contribution in [0.1, 0.15) is 13.8 Å². The van der Waals surface area contributed by atoms with Gasteiger partial charge in [0, 0.05) is 12.1 Å². The molecule has 1 unspecified atom stereocenters.